The van der Waals surface area contributed by atoms with Crippen molar-refractivity contribution in [2.75, 3.05) is 6.61 Å². The molecule has 128 valence electrons. The zero-order valence-electron chi connectivity index (χ0n) is 13.8. The summed E-state index contributed by atoms with van der Waals surface area (Å²) in [6, 6.07) is 6.98. The number of carboxylic acids is 1. The van der Waals surface area contributed by atoms with Gasteiger partial charge in [0.25, 0.3) is 5.91 Å². The van der Waals surface area contributed by atoms with Gasteiger partial charge in [-0.1, -0.05) is 32.9 Å². The van der Waals surface area contributed by atoms with Gasteiger partial charge in [-0.15, -0.1) is 11.3 Å². The molecule has 24 heavy (non-hydrogen) atoms. The van der Waals surface area contributed by atoms with E-state index in [0.29, 0.717) is 17.2 Å². The highest BCUT2D eigenvalue weighted by atomic mass is 32.1. The van der Waals surface area contributed by atoms with Crippen LogP contribution >= 0.6 is 11.3 Å². The fourth-order valence-corrected chi connectivity index (χ4v) is 3.01. The zero-order chi connectivity index (χ0) is 17.7. The van der Waals surface area contributed by atoms with Crippen LogP contribution in [-0.2, 0) is 16.8 Å². The number of ether oxygens (including phenoxy) is 1. The molecule has 1 aromatic carbocycles. The summed E-state index contributed by atoms with van der Waals surface area (Å²) in [6.45, 7) is 5.97. The molecule has 0 radical (unpaired) electrons. The Kier molecular flexibility index (Phi) is 5.56. The molecule has 0 fully saturated rings. The SMILES string of the molecule is CC(C)(C)c1ncsc1C(=O)NCc1cccc(OCC(=O)O)c1. The lowest BCUT2D eigenvalue weighted by molar-refractivity contribution is -0.139. The third kappa shape index (κ3) is 4.79. The van der Waals surface area contributed by atoms with Crippen LogP contribution in [0.4, 0.5) is 0 Å². The lowest BCUT2D eigenvalue weighted by Gasteiger charge is -2.17. The molecule has 1 amide bonds. The van der Waals surface area contributed by atoms with Crippen LogP contribution in [0.1, 0.15) is 41.7 Å². The summed E-state index contributed by atoms with van der Waals surface area (Å²) in [5, 5.41) is 11.5. The normalized spacial score (nSPS) is 11.1. The number of aliphatic carboxylic acids is 1. The number of carboxylic acid groups (broad SMARTS) is 1. The smallest absolute Gasteiger partial charge is 0.341 e. The van der Waals surface area contributed by atoms with Crippen LogP contribution in [-0.4, -0.2) is 28.6 Å². The van der Waals surface area contributed by atoms with E-state index in [4.69, 9.17) is 9.84 Å². The molecule has 0 saturated carbocycles. The lowest BCUT2D eigenvalue weighted by Crippen LogP contribution is -2.25. The first-order chi connectivity index (χ1) is 11.3. The first kappa shape index (κ1) is 17.9. The minimum atomic E-state index is -1.03. The number of nitrogens with zero attached hydrogens (tertiary/aromatic N) is 1. The van der Waals surface area contributed by atoms with Gasteiger partial charge in [0, 0.05) is 12.0 Å². The van der Waals surface area contributed by atoms with E-state index in [1.165, 1.54) is 11.3 Å². The molecule has 1 aromatic heterocycles. The van der Waals surface area contributed by atoms with Crippen molar-refractivity contribution in [3.63, 3.8) is 0 Å². The summed E-state index contributed by atoms with van der Waals surface area (Å²) < 4.78 is 5.13. The molecule has 0 saturated heterocycles. The van der Waals surface area contributed by atoms with Crippen LogP contribution in [0.25, 0.3) is 0 Å². The number of rotatable bonds is 6. The molecule has 0 spiro atoms. The summed E-state index contributed by atoms with van der Waals surface area (Å²) >= 11 is 1.32. The molecule has 0 unspecified atom stereocenters. The van der Waals surface area contributed by atoms with Crippen LogP contribution in [0.5, 0.6) is 5.75 Å². The Balaban J connectivity index is 2.01. The Morgan fingerprint density at radius 3 is 2.75 bits per heavy atom. The van der Waals surface area contributed by atoms with E-state index in [0.717, 1.165) is 11.3 Å². The van der Waals surface area contributed by atoms with Crippen molar-refractivity contribution in [1.29, 1.82) is 0 Å². The Labute approximate surface area is 144 Å². The summed E-state index contributed by atoms with van der Waals surface area (Å²) in [4.78, 5) is 27.8. The number of carbonyl (C=O) groups is 2. The first-order valence-electron chi connectivity index (χ1n) is 7.43. The maximum Gasteiger partial charge on any atom is 0.341 e. The summed E-state index contributed by atoms with van der Waals surface area (Å²) in [5.74, 6) is -0.745. The highest BCUT2D eigenvalue weighted by Gasteiger charge is 2.24. The third-order valence-electron chi connectivity index (χ3n) is 3.20. The predicted molar refractivity (Wildman–Crippen MR) is 91.6 cm³/mol. The van der Waals surface area contributed by atoms with Gasteiger partial charge in [-0.2, -0.15) is 0 Å². The molecule has 2 rings (SSSR count). The van der Waals surface area contributed by atoms with E-state index in [2.05, 4.69) is 10.3 Å². The second kappa shape index (κ2) is 7.44. The van der Waals surface area contributed by atoms with Gasteiger partial charge < -0.3 is 15.2 Å². The fraction of sp³-hybridized carbons (Fsp3) is 0.353. The largest absolute Gasteiger partial charge is 0.482 e. The van der Waals surface area contributed by atoms with Crippen molar-refractivity contribution in [3.8, 4) is 5.75 Å². The monoisotopic (exact) mass is 348 g/mol. The standard InChI is InChI=1S/C17H20N2O4S/c1-17(2,3)15-14(24-10-19-15)16(22)18-8-11-5-4-6-12(7-11)23-9-13(20)21/h4-7,10H,8-9H2,1-3H3,(H,18,22)(H,20,21). The van der Waals surface area contributed by atoms with Gasteiger partial charge in [0.05, 0.1) is 11.2 Å². The Hall–Kier alpha value is -2.41. The lowest BCUT2D eigenvalue weighted by atomic mass is 9.91. The van der Waals surface area contributed by atoms with Gasteiger partial charge >= 0.3 is 5.97 Å². The van der Waals surface area contributed by atoms with Gasteiger partial charge in [-0.05, 0) is 17.7 Å². The summed E-state index contributed by atoms with van der Waals surface area (Å²) in [6.07, 6.45) is 0. The summed E-state index contributed by atoms with van der Waals surface area (Å²) in [7, 11) is 0. The third-order valence-corrected chi connectivity index (χ3v) is 4.02. The fourth-order valence-electron chi connectivity index (χ4n) is 2.09. The van der Waals surface area contributed by atoms with Crippen molar-refractivity contribution in [3.05, 3.63) is 45.9 Å². The number of nitrogens with one attached hydrogen (secondary N) is 1. The number of amides is 1. The minimum absolute atomic E-state index is 0.167. The zero-order valence-corrected chi connectivity index (χ0v) is 14.6. The molecule has 0 aliphatic rings. The van der Waals surface area contributed by atoms with E-state index < -0.39 is 12.6 Å². The van der Waals surface area contributed by atoms with E-state index in [9.17, 15) is 9.59 Å². The molecule has 7 heteroatoms. The van der Waals surface area contributed by atoms with E-state index in [1.807, 2.05) is 26.8 Å². The average molecular weight is 348 g/mol. The van der Waals surface area contributed by atoms with Crippen LogP contribution in [0.3, 0.4) is 0 Å². The molecular formula is C17H20N2O4S. The number of hydrogen-bond donors (Lipinski definition) is 2. The molecule has 1 heterocycles. The molecule has 2 aromatic rings. The molecule has 0 aliphatic carbocycles. The minimum Gasteiger partial charge on any atom is -0.482 e. The molecule has 0 atom stereocenters. The second-order valence-electron chi connectivity index (χ2n) is 6.29. The van der Waals surface area contributed by atoms with Gasteiger partial charge in [0.15, 0.2) is 6.61 Å². The van der Waals surface area contributed by atoms with Gasteiger partial charge in [0.1, 0.15) is 10.6 Å². The van der Waals surface area contributed by atoms with E-state index in [-0.39, 0.29) is 11.3 Å². The highest BCUT2D eigenvalue weighted by molar-refractivity contribution is 7.11. The number of aromatic nitrogens is 1. The van der Waals surface area contributed by atoms with Crippen molar-refractivity contribution in [2.45, 2.75) is 32.7 Å². The molecular weight excluding hydrogens is 328 g/mol. The first-order valence-corrected chi connectivity index (χ1v) is 8.31. The Morgan fingerprint density at radius 2 is 2.08 bits per heavy atom. The molecule has 0 aliphatic heterocycles. The number of carbonyl (C=O) groups excluding carboxylic acids is 1. The maximum atomic E-state index is 12.4. The molecule has 2 N–H and O–H groups in total. The molecule has 0 bridgehead atoms. The Bertz CT molecular complexity index is 734. The maximum absolute atomic E-state index is 12.4. The topological polar surface area (TPSA) is 88.5 Å². The number of hydrogen-bond acceptors (Lipinski definition) is 5. The average Bonchev–Trinajstić information content (AvgIpc) is 3.01. The van der Waals surface area contributed by atoms with Crippen molar-refractivity contribution in [2.24, 2.45) is 0 Å². The second-order valence-corrected chi connectivity index (χ2v) is 7.15. The van der Waals surface area contributed by atoms with Crippen LogP contribution < -0.4 is 10.1 Å². The van der Waals surface area contributed by atoms with Crippen molar-refractivity contribution in [1.82, 2.24) is 10.3 Å². The Morgan fingerprint density at radius 1 is 1.33 bits per heavy atom. The predicted octanol–water partition coefficient (Wildman–Crippen LogP) is 2.83. The van der Waals surface area contributed by atoms with E-state index in [1.54, 1.807) is 23.7 Å². The highest BCUT2D eigenvalue weighted by Crippen LogP contribution is 2.27. The number of benzene rings is 1. The van der Waals surface area contributed by atoms with E-state index >= 15 is 0 Å². The van der Waals surface area contributed by atoms with Crippen LogP contribution in [0.2, 0.25) is 0 Å². The van der Waals surface area contributed by atoms with Crippen molar-refractivity contribution < 1.29 is 19.4 Å². The van der Waals surface area contributed by atoms with Crippen molar-refractivity contribution >= 4 is 23.2 Å². The quantitative estimate of drug-likeness (QED) is 0.838. The molecule has 6 nitrogen and oxygen atoms in total. The van der Waals surface area contributed by atoms with Gasteiger partial charge in [-0.25, -0.2) is 9.78 Å². The number of thiazole rings is 1. The van der Waals surface area contributed by atoms with Crippen LogP contribution in [0, 0.1) is 0 Å². The van der Waals surface area contributed by atoms with Crippen LogP contribution in [0.15, 0.2) is 29.8 Å². The van der Waals surface area contributed by atoms with Gasteiger partial charge in [0.2, 0.25) is 0 Å². The summed E-state index contributed by atoms with van der Waals surface area (Å²) in [5.41, 5.74) is 3.09. The van der Waals surface area contributed by atoms with Gasteiger partial charge in [-0.3, -0.25) is 4.79 Å².